The van der Waals surface area contributed by atoms with Crippen molar-refractivity contribution in [3.63, 3.8) is 0 Å². The van der Waals surface area contributed by atoms with E-state index in [-0.39, 0.29) is 17.6 Å². The number of nitrogens with one attached hydrogen (secondary N) is 1. The number of benzene rings is 2. The number of hydrogen-bond donors (Lipinski definition) is 1. The molecule has 0 amide bonds. The molecule has 0 aliphatic heterocycles. The van der Waals surface area contributed by atoms with E-state index in [4.69, 9.17) is 4.74 Å². The molecule has 1 N–H and O–H groups in total. The Hall–Kier alpha value is -3.77. The van der Waals surface area contributed by atoms with E-state index in [1.807, 2.05) is 0 Å². The second kappa shape index (κ2) is 9.84. The lowest BCUT2D eigenvalue weighted by Crippen LogP contribution is -2.33. The molecule has 0 fully saturated rings. The van der Waals surface area contributed by atoms with Gasteiger partial charge in [0.05, 0.1) is 0 Å². The molecule has 2 heterocycles. The first kappa shape index (κ1) is 24.4. The number of aromatic nitrogens is 5. The molecule has 4 rings (SSSR count). The van der Waals surface area contributed by atoms with Crippen molar-refractivity contribution in [3.8, 4) is 17.1 Å². The van der Waals surface area contributed by atoms with Crippen LogP contribution in [0.3, 0.4) is 0 Å². The average molecular weight is 501 g/mol. The minimum Gasteiger partial charge on any atom is -0.372 e. The molecule has 0 bridgehead atoms. The summed E-state index contributed by atoms with van der Waals surface area (Å²) < 4.78 is 64.9. The van der Waals surface area contributed by atoms with E-state index in [1.54, 1.807) is 49.6 Å². The Bertz CT molecular complexity index is 1410. The van der Waals surface area contributed by atoms with Crippen molar-refractivity contribution in [1.82, 2.24) is 24.7 Å². The zero-order valence-corrected chi connectivity index (χ0v) is 19.9. The Kier molecular flexibility index (Phi) is 6.85. The van der Waals surface area contributed by atoms with Crippen molar-refractivity contribution < 1.29 is 21.9 Å². The van der Waals surface area contributed by atoms with Gasteiger partial charge in [-0.05, 0) is 31.5 Å². The van der Waals surface area contributed by atoms with Gasteiger partial charge in [0.15, 0.2) is 11.6 Å². The van der Waals surface area contributed by atoms with Crippen molar-refractivity contribution >= 4 is 16.0 Å². The molecule has 0 radical (unpaired) electrons. The summed E-state index contributed by atoms with van der Waals surface area (Å²) in [5, 5.41) is 6.72. The van der Waals surface area contributed by atoms with Crippen LogP contribution < -0.4 is 4.72 Å². The van der Waals surface area contributed by atoms with Crippen LogP contribution in [-0.4, -0.2) is 45.5 Å². The maximum Gasteiger partial charge on any atom is 0.243 e. The summed E-state index contributed by atoms with van der Waals surface area (Å²) >= 11 is 0. The molecule has 35 heavy (non-hydrogen) atoms. The van der Waals surface area contributed by atoms with Crippen molar-refractivity contribution in [1.29, 1.82) is 0 Å². The Morgan fingerprint density at radius 2 is 1.60 bits per heavy atom. The molecule has 2 aromatic heterocycles. The van der Waals surface area contributed by atoms with Crippen LogP contribution in [-0.2, 0) is 14.8 Å². The number of ether oxygens (including phenoxy) is 1. The molecular formula is C23H22F2N6O3S. The lowest BCUT2D eigenvalue weighted by atomic mass is 10.2. The molecule has 12 heteroatoms. The van der Waals surface area contributed by atoms with Gasteiger partial charge in [-0.3, -0.25) is 9.29 Å². The van der Waals surface area contributed by atoms with Gasteiger partial charge < -0.3 is 4.74 Å². The second-order valence-electron chi connectivity index (χ2n) is 7.75. The lowest BCUT2D eigenvalue weighted by Gasteiger charge is -2.22. The number of hydrogen-bond acceptors (Lipinski definition) is 7. The molecule has 2 aromatic carbocycles. The summed E-state index contributed by atoms with van der Waals surface area (Å²) in [6, 6.07) is 11.8. The van der Waals surface area contributed by atoms with Crippen LogP contribution in [0.25, 0.3) is 17.1 Å². The molecule has 0 saturated heterocycles. The summed E-state index contributed by atoms with van der Waals surface area (Å²) in [5.41, 5.74) is 0.751. The average Bonchev–Trinajstić information content (AvgIpc) is 3.23. The van der Waals surface area contributed by atoms with Crippen LogP contribution in [0.4, 0.5) is 14.7 Å². The number of anilines is 1. The third-order valence-corrected chi connectivity index (χ3v) is 7.01. The predicted octanol–water partition coefficient (Wildman–Crippen LogP) is 3.83. The molecule has 0 aliphatic carbocycles. The van der Waals surface area contributed by atoms with Crippen molar-refractivity contribution in [2.24, 2.45) is 0 Å². The van der Waals surface area contributed by atoms with Crippen LogP contribution in [0.2, 0.25) is 0 Å². The quantitative estimate of drug-likeness (QED) is 0.391. The first-order chi connectivity index (χ1) is 16.7. The summed E-state index contributed by atoms with van der Waals surface area (Å²) in [5.74, 6) is -2.01. The van der Waals surface area contributed by atoms with Gasteiger partial charge in [-0.1, -0.05) is 36.4 Å². The highest BCUT2D eigenvalue weighted by Gasteiger charge is 2.35. The van der Waals surface area contributed by atoms with Gasteiger partial charge in [0.1, 0.15) is 28.7 Å². The number of methoxy groups -OCH3 is 1. The van der Waals surface area contributed by atoms with E-state index in [2.05, 4.69) is 24.9 Å². The van der Waals surface area contributed by atoms with Gasteiger partial charge >= 0.3 is 0 Å². The van der Waals surface area contributed by atoms with Gasteiger partial charge in [0.2, 0.25) is 16.0 Å². The number of halogens is 2. The van der Waals surface area contributed by atoms with Crippen molar-refractivity contribution in [2.45, 2.75) is 25.2 Å². The minimum atomic E-state index is -4.23. The fourth-order valence-corrected chi connectivity index (χ4v) is 4.61. The molecular weight excluding hydrogens is 478 g/mol. The highest BCUT2D eigenvalue weighted by molar-refractivity contribution is 7.93. The molecule has 9 nitrogen and oxygen atoms in total. The van der Waals surface area contributed by atoms with E-state index in [1.165, 1.54) is 20.1 Å². The lowest BCUT2D eigenvalue weighted by molar-refractivity contribution is 0.0949. The Balaban J connectivity index is 1.79. The molecule has 2 unspecified atom stereocenters. The van der Waals surface area contributed by atoms with Gasteiger partial charge in [-0.2, -0.15) is 0 Å². The topological polar surface area (TPSA) is 112 Å². The molecule has 182 valence electrons. The van der Waals surface area contributed by atoms with Crippen LogP contribution >= 0.6 is 0 Å². The van der Waals surface area contributed by atoms with Crippen LogP contribution in [0.1, 0.15) is 24.4 Å². The zero-order valence-electron chi connectivity index (χ0n) is 19.1. The van der Waals surface area contributed by atoms with Gasteiger partial charge in [0.25, 0.3) is 0 Å². The first-order valence-electron chi connectivity index (χ1n) is 10.5. The summed E-state index contributed by atoms with van der Waals surface area (Å²) in [4.78, 5) is 8.33. The van der Waals surface area contributed by atoms with Crippen LogP contribution in [0.5, 0.6) is 0 Å². The fraction of sp³-hybridized carbons (Fsp3) is 0.217. The summed E-state index contributed by atoms with van der Waals surface area (Å²) in [6.45, 7) is 3.20. The van der Waals surface area contributed by atoms with E-state index in [9.17, 15) is 17.2 Å². The van der Waals surface area contributed by atoms with E-state index < -0.39 is 38.7 Å². The maximum atomic E-state index is 14.8. The molecule has 0 spiro atoms. The normalized spacial score (nSPS) is 13.4. The van der Waals surface area contributed by atoms with Gasteiger partial charge in [-0.15, -0.1) is 10.2 Å². The predicted molar refractivity (Wildman–Crippen MR) is 125 cm³/mol. The molecule has 4 aromatic rings. The number of aryl methyl sites for hydroxylation is 1. The van der Waals surface area contributed by atoms with Crippen molar-refractivity contribution in [2.75, 3.05) is 11.8 Å². The fourth-order valence-electron chi connectivity index (χ4n) is 3.48. The van der Waals surface area contributed by atoms with Crippen LogP contribution in [0, 0.1) is 18.6 Å². The number of para-hydroxylation sites is 1. The highest BCUT2D eigenvalue weighted by atomic mass is 32.2. The Morgan fingerprint density at radius 3 is 2.20 bits per heavy atom. The Morgan fingerprint density at radius 1 is 0.971 bits per heavy atom. The largest absolute Gasteiger partial charge is 0.372 e. The zero-order chi connectivity index (χ0) is 25.2. The second-order valence-corrected chi connectivity index (χ2v) is 9.78. The van der Waals surface area contributed by atoms with Gasteiger partial charge in [0, 0.05) is 25.1 Å². The number of nitrogens with zero attached hydrogens (tertiary/aromatic N) is 5. The molecule has 0 saturated carbocycles. The maximum absolute atomic E-state index is 14.8. The standard InChI is InChI=1S/C23H22F2N6O3S/c1-14-12-26-21(27-13-14)20(34-3)15(2)35(32,33)30-23-29-28-22(16-8-5-4-6-9-16)31(23)19-17(24)10-7-11-18(19)25/h4-13,15,20H,1-3H3,(H,29,30). The van der Waals surface area contributed by atoms with Crippen LogP contribution in [0.15, 0.2) is 60.9 Å². The third kappa shape index (κ3) is 4.88. The monoisotopic (exact) mass is 500 g/mol. The number of sulfonamides is 1. The highest BCUT2D eigenvalue weighted by Crippen LogP contribution is 2.30. The summed E-state index contributed by atoms with van der Waals surface area (Å²) in [7, 11) is -2.89. The van der Waals surface area contributed by atoms with E-state index >= 15 is 0 Å². The van der Waals surface area contributed by atoms with Crippen molar-refractivity contribution in [3.05, 3.63) is 83.9 Å². The smallest absolute Gasteiger partial charge is 0.243 e. The minimum absolute atomic E-state index is 0.0464. The SMILES string of the molecule is COC(c1ncc(C)cn1)C(C)S(=O)(=O)Nc1nnc(-c2ccccc2)n1-c1c(F)cccc1F. The van der Waals surface area contributed by atoms with E-state index in [0.717, 1.165) is 22.3 Å². The summed E-state index contributed by atoms with van der Waals surface area (Å²) in [6.07, 6.45) is 2.07. The first-order valence-corrected chi connectivity index (χ1v) is 12.1. The van der Waals surface area contributed by atoms with Gasteiger partial charge in [-0.25, -0.2) is 27.2 Å². The number of rotatable bonds is 8. The Labute approximate surface area is 200 Å². The third-order valence-electron chi connectivity index (χ3n) is 5.31. The molecule has 0 aliphatic rings. The van der Waals surface area contributed by atoms with E-state index in [0.29, 0.717) is 5.56 Å². The molecule has 2 atom stereocenters.